The molecule has 0 radical (unpaired) electrons. The third-order valence-electron chi connectivity index (χ3n) is 5.91. The van der Waals surface area contributed by atoms with Crippen LogP contribution in [0.3, 0.4) is 0 Å². The van der Waals surface area contributed by atoms with Crippen molar-refractivity contribution in [2.45, 2.75) is 71.4 Å². The highest BCUT2D eigenvalue weighted by Gasteiger charge is 2.55. The van der Waals surface area contributed by atoms with Crippen molar-refractivity contribution in [3.8, 4) is 0 Å². The largest absolute Gasteiger partial charge is 0.322 e. The number of amides is 2. The molecule has 2 amide bonds. The molecule has 2 atom stereocenters. The monoisotopic (exact) mass is 299 g/mol. The lowest BCUT2D eigenvalue weighted by atomic mass is 9.88. The number of aryl methyl sites for hydroxylation is 3. The van der Waals surface area contributed by atoms with Crippen LogP contribution in [0.4, 0.5) is 10.5 Å². The number of hydrogen-bond acceptors (Lipinski definition) is 2. The van der Waals surface area contributed by atoms with E-state index in [4.69, 9.17) is 0 Å². The predicted octanol–water partition coefficient (Wildman–Crippen LogP) is 3.95. The third-order valence-corrected chi connectivity index (χ3v) is 5.91. The molecule has 2 aliphatic heterocycles. The first-order chi connectivity index (χ1) is 10.5. The first-order valence-corrected chi connectivity index (χ1v) is 8.52. The molecule has 0 aromatic carbocycles. The van der Waals surface area contributed by atoms with Crippen LogP contribution in [0.5, 0.6) is 0 Å². The number of fused-ring (bicyclic) bond motifs is 2. The summed E-state index contributed by atoms with van der Waals surface area (Å²) in [6, 6.07) is 3.03. The summed E-state index contributed by atoms with van der Waals surface area (Å²) in [6.07, 6.45) is 7.58. The van der Waals surface area contributed by atoms with E-state index in [0.29, 0.717) is 17.5 Å². The van der Waals surface area contributed by atoms with Crippen molar-refractivity contribution in [2.24, 2.45) is 5.41 Å². The van der Waals surface area contributed by atoms with Crippen molar-refractivity contribution in [1.29, 1.82) is 0 Å². The van der Waals surface area contributed by atoms with Crippen molar-refractivity contribution < 1.29 is 4.79 Å². The van der Waals surface area contributed by atoms with Gasteiger partial charge in [0.25, 0.3) is 0 Å². The normalized spacial score (nSPS) is 28.0. The maximum atomic E-state index is 12.8. The minimum atomic E-state index is 0.0832. The summed E-state index contributed by atoms with van der Waals surface area (Å²) >= 11 is 0. The minimum absolute atomic E-state index is 0.0832. The highest BCUT2D eigenvalue weighted by atomic mass is 16.2. The summed E-state index contributed by atoms with van der Waals surface area (Å²) in [5, 5.41) is 3.15. The first kappa shape index (κ1) is 14.0. The number of aromatic nitrogens is 1. The van der Waals surface area contributed by atoms with Crippen LogP contribution >= 0.6 is 0 Å². The summed E-state index contributed by atoms with van der Waals surface area (Å²) in [7, 11) is 0. The molecule has 1 aromatic rings. The maximum Gasteiger partial charge on any atom is 0.322 e. The highest BCUT2D eigenvalue weighted by Crippen LogP contribution is 2.59. The Labute approximate surface area is 132 Å². The van der Waals surface area contributed by atoms with Crippen LogP contribution < -0.4 is 5.32 Å². The van der Waals surface area contributed by atoms with Crippen LogP contribution in [-0.4, -0.2) is 28.0 Å². The number of pyridine rings is 1. The van der Waals surface area contributed by atoms with Gasteiger partial charge in [-0.15, -0.1) is 0 Å². The van der Waals surface area contributed by atoms with E-state index in [1.165, 1.54) is 38.5 Å². The SMILES string of the molecule is Cc1cc(C)c(NC(=O)N2C3CCC2CC2(CC2)C3)c(C)n1. The van der Waals surface area contributed by atoms with Gasteiger partial charge in [0.05, 0.1) is 11.4 Å². The Morgan fingerprint density at radius 1 is 1.23 bits per heavy atom. The van der Waals surface area contributed by atoms with E-state index in [9.17, 15) is 4.79 Å². The number of hydrogen-bond donors (Lipinski definition) is 1. The molecule has 3 aliphatic rings. The second-order valence-electron chi connectivity index (χ2n) is 7.67. The molecule has 2 unspecified atom stereocenters. The molecule has 22 heavy (non-hydrogen) atoms. The third kappa shape index (κ3) is 2.20. The highest BCUT2D eigenvalue weighted by molar-refractivity contribution is 5.91. The topological polar surface area (TPSA) is 45.2 Å². The van der Waals surface area contributed by atoms with Crippen molar-refractivity contribution in [2.75, 3.05) is 5.32 Å². The lowest BCUT2D eigenvalue weighted by molar-refractivity contribution is 0.123. The zero-order valence-electron chi connectivity index (χ0n) is 13.8. The quantitative estimate of drug-likeness (QED) is 0.853. The van der Waals surface area contributed by atoms with Gasteiger partial charge in [0, 0.05) is 17.8 Å². The van der Waals surface area contributed by atoms with Gasteiger partial charge < -0.3 is 10.2 Å². The number of urea groups is 1. The van der Waals surface area contributed by atoms with Crippen LogP contribution in [-0.2, 0) is 0 Å². The average molecular weight is 299 g/mol. The van der Waals surface area contributed by atoms with Gasteiger partial charge in [-0.25, -0.2) is 4.79 Å². The van der Waals surface area contributed by atoms with Crippen molar-refractivity contribution in [3.05, 3.63) is 23.0 Å². The van der Waals surface area contributed by atoms with Crippen molar-refractivity contribution >= 4 is 11.7 Å². The molecule has 4 heteroatoms. The summed E-state index contributed by atoms with van der Waals surface area (Å²) in [4.78, 5) is 19.5. The number of rotatable bonds is 1. The van der Waals surface area contributed by atoms with E-state index < -0.39 is 0 Å². The Bertz CT molecular complexity index is 596. The molecular formula is C18H25N3O. The molecular weight excluding hydrogens is 274 g/mol. The number of carbonyl (C=O) groups excluding carboxylic acids is 1. The van der Waals surface area contributed by atoms with Gasteiger partial charge in [-0.1, -0.05) is 0 Å². The molecule has 1 saturated carbocycles. The van der Waals surface area contributed by atoms with E-state index in [-0.39, 0.29) is 6.03 Å². The van der Waals surface area contributed by atoms with E-state index in [1.54, 1.807) is 0 Å². The molecule has 1 aliphatic carbocycles. The van der Waals surface area contributed by atoms with Crippen LogP contribution in [0.2, 0.25) is 0 Å². The molecule has 1 spiro atoms. The maximum absolute atomic E-state index is 12.8. The van der Waals surface area contributed by atoms with Gasteiger partial charge in [0.1, 0.15) is 0 Å². The Balaban J connectivity index is 1.54. The summed E-state index contributed by atoms with van der Waals surface area (Å²) in [5.41, 5.74) is 4.51. The van der Waals surface area contributed by atoms with Crippen molar-refractivity contribution in [3.63, 3.8) is 0 Å². The Morgan fingerprint density at radius 2 is 1.86 bits per heavy atom. The molecule has 3 fully saturated rings. The van der Waals surface area contributed by atoms with Crippen molar-refractivity contribution in [1.82, 2.24) is 9.88 Å². The van der Waals surface area contributed by atoms with Crippen LogP contribution in [0.1, 0.15) is 55.5 Å². The van der Waals surface area contributed by atoms with Gasteiger partial charge in [-0.05, 0) is 76.3 Å². The molecule has 118 valence electrons. The van der Waals surface area contributed by atoms with Crippen LogP contribution in [0.25, 0.3) is 0 Å². The molecule has 3 heterocycles. The first-order valence-electron chi connectivity index (χ1n) is 8.52. The number of anilines is 1. The summed E-state index contributed by atoms with van der Waals surface area (Å²) in [6.45, 7) is 6.01. The fraction of sp³-hybridized carbons (Fsp3) is 0.667. The van der Waals surface area contributed by atoms with Crippen LogP contribution in [0, 0.1) is 26.2 Å². The van der Waals surface area contributed by atoms with Gasteiger partial charge in [0.15, 0.2) is 0 Å². The standard InChI is InChI=1S/C18H25N3O/c1-11-8-12(2)19-13(3)16(11)20-17(22)21-14-4-5-15(21)10-18(9-14)6-7-18/h8,14-15H,4-7,9-10H2,1-3H3,(H,20,22). The van der Waals surface area contributed by atoms with Gasteiger partial charge in [-0.2, -0.15) is 0 Å². The summed E-state index contributed by atoms with van der Waals surface area (Å²) in [5.74, 6) is 0. The fourth-order valence-electron chi connectivity index (χ4n) is 4.75. The molecule has 1 aromatic heterocycles. The molecule has 2 saturated heterocycles. The Kier molecular flexibility index (Phi) is 3.00. The van der Waals surface area contributed by atoms with Gasteiger partial charge >= 0.3 is 6.03 Å². The lowest BCUT2D eigenvalue weighted by Crippen LogP contribution is -2.49. The van der Waals surface area contributed by atoms with E-state index >= 15 is 0 Å². The molecule has 2 bridgehead atoms. The zero-order valence-corrected chi connectivity index (χ0v) is 13.8. The second-order valence-corrected chi connectivity index (χ2v) is 7.67. The minimum Gasteiger partial charge on any atom is -0.319 e. The fourth-order valence-corrected chi connectivity index (χ4v) is 4.75. The number of nitrogens with one attached hydrogen (secondary N) is 1. The smallest absolute Gasteiger partial charge is 0.319 e. The number of nitrogens with zero attached hydrogens (tertiary/aromatic N) is 2. The molecule has 1 N–H and O–H groups in total. The molecule has 4 nitrogen and oxygen atoms in total. The second kappa shape index (κ2) is 4.71. The van der Waals surface area contributed by atoms with E-state index in [0.717, 1.165) is 22.6 Å². The number of carbonyl (C=O) groups is 1. The van der Waals surface area contributed by atoms with Crippen LogP contribution in [0.15, 0.2) is 6.07 Å². The zero-order chi connectivity index (χ0) is 15.5. The predicted molar refractivity (Wildman–Crippen MR) is 87.0 cm³/mol. The van der Waals surface area contributed by atoms with E-state index in [2.05, 4.69) is 15.2 Å². The Hall–Kier alpha value is -1.58. The van der Waals surface area contributed by atoms with Gasteiger partial charge in [0.2, 0.25) is 0 Å². The van der Waals surface area contributed by atoms with E-state index in [1.807, 2.05) is 26.8 Å². The summed E-state index contributed by atoms with van der Waals surface area (Å²) < 4.78 is 0. The lowest BCUT2D eigenvalue weighted by Gasteiger charge is -2.39. The average Bonchev–Trinajstić information content (AvgIpc) is 3.12. The molecule has 4 rings (SSSR count). The number of piperidine rings is 1. The Morgan fingerprint density at radius 3 is 2.41 bits per heavy atom. The van der Waals surface area contributed by atoms with Gasteiger partial charge in [-0.3, -0.25) is 4.98 Å².